The Hall–Kier alpha value is -2.14. The fraction of sp³-hybridized carbons (Fsp3) is 0.450. The van der Waals surface area contributed by atoms with Crippen LogP contribution in [0.15, 0.2) is 36.4 Å². The molecule has 1 aliphatic heterocycles. The molecule has 2 fully saturated rings. The van der Waals surface area contributed by atoms with Gasteiger partial charge in [-0.05, 0) is 36.8 Å². The molecule has 0 radical (unpaired) electrons. The van der Waals surface area contributed by atoms with Gasteiger partial charge in [0, 0.05) is 12.1 Å². The number of hydrogen-bond donors (Lipinski definition) is 0. The molecule has 0 spiro atoms. The summed E-state index contributed by atoms with van der Waals surface area (Å²) < 4.78 is 0. The van der Waals surface area contributed by atoms with Gasteiger partial charge in [0.25, 0.3) is 0 Å². The van der Waals surface area contributed by atoms with E-state index in [1.165, 1.54) is 4.90 Å². The van der Waals surface area contributed by atoms with Crippen LogP contribution in [0.2, 0.25) is 5.02 Å². The van der Waals surface area contributed by atoms with Crippen LogP contribution in [-0.4, -0.2) is 41.1 Å². The molecule has 1 saturated heterocycles. The van der Waals surface area contributed by atoms with Crippen LogP contribution in [0.1, 0.15) is 24.9 Å². The van der Waals surface area contributed by atoms with Gasteiger partial charge in [0.2, 0.25) is 17.7 Å². The Balaban J connectivity index is 1.48. The summed E-state index contributed by atoms with van der Waals surface area (Å²) in [4.78, 5) is 40.9. The van der Waals surface area contributed by atoms with Gasteiger partial charge in [-0.15, -0.1) is 0 Å². The second kappa shape index (κ2) is 6.23. The fourth-order valence-electron chi connectivity index (χ4n) is 4.61. The molecule has 2 aliphatic carbocycles. The predicted octanol–water partition coefficient (Wildman–Crippen LogP) is 2.67. The second-order valence-corrected chi connectivity index (χ2v) is 7.87. The van der Waals surface area contributed by atoms with E-state index in [0.717, 1.165) is 12.0 Å². The van der Waals surface area contributed by atoms with Gasteiger partial charge in [-0.1, -0.05) is 42.0 Å². The van der Waals surface area contributed by atoms with Crippen molar-refractivity contribution in [1.82, 2.24) is 9.80 Å². The van der Waals surface area contributed by atoms with Crippen molar-refractivity contribution in [2.75, 3.05) is 13.6 Å². The molecule has 1 saturated carbocycles. The van der Waals surface area contributed by atoms with E-state index < -0.39 is 0 Å². The zero-order valence-electron chi connectivity index (χ0n) is 14.8. The van der Waals surface area contributed by atoms with Crippen molar-refractivity contribution >= 4 is 29.3 Å². The Morgan fingerprint density at radius 1 is 1.19 bits per heavy atom. The van der Waals surface area contributed by atoms with Gasteiger partial charge in [-0.3, -0.25) is 19.3 Å². The fourth-order valence-corrected chi connectivity index (χ4v) is 4.90. The van der Waals surface area contributed by atoms with Crippen LogP contribution in [0.3, 0.4) is 0 Å². The standard InChI is InChI=1S/C20H21ClN2O3/c1-11(14-5-3-4-6-15(14)21)22(2)16(24)10-23-19(25)17-12-7-8-13(9-12)18(17)20(23)26/h3-8,11-13,17-18H,9-10H2,1-2H3/t11-,12-,13-,17-,18+/m0/s1. The monoisotopic (exact) mass is 372 g/mol. The molecule has 0 N–H and O–H groups in total. The highest BCUT2D eigenvalue weighted by atomic mass is 35.5. The van der Waals surface area contributed by atoms with E-state index in [0.29, 0.717) is 5.02 Å². The van der Waals surface area contributed by atoms with Crippen molar-refractivity contribution < 1.29 is 14.4 Å². The molecule has 1 aromatic rings. The molecular formula is C20H21ClN2O3. The molecular weight excluding hydrogens is 352 g/mol. The first-order valence-corrected chi connectivity index (χ1v) is 9.31. The first kappa shape index (κ1) is 17.3. The molecule has 3 aliphatic rings. The normalized spacial score (nSPS) is 30.0. The van der Waals surface area contributed by atoms with E-state index in [2.05, 4.69) is 0 Å². The van der Waals surface area contributed by atoms with Crippen molar-refractivity contribution in [3.63, 3.8) is 0 Å². The summed E-state index contributed by atoms with van der Waals surface area (Å²) in [5.74, 6) is -0.872. The van der Waals surface area contributed by atoms with Crippen LogP contribution < -0.4 is 0 Å². The number of imide groups is 1. The number of amides is 3. The number of rotatable bonds is 4. The van der Waals surface area contributed by atoms with E-state index in [4.69, 9.17) is 11.6 Å². The molecule has 0 unspecified atom stereocenters. The van der Waals surface area contributed by atoms with Crippen LogP contribution >= 0.6 is 11.6 Å². The maximum absolute atomic E-state index is 12.7. The molecule has 3 amide bonds. The Morgan fingerprint density at radius 2 is 1.77 bits per heavy atom. The zero-order chi connectivity index (χ0) is 18.6. The quantitative estimate of drug-likeness (QED) is 0.603. The molecule has 5 nitrogen and oxygen atoms in total. The lowest BCUT2D eigenvalue weighted by Gasteiger charge is -2.28. The maximum atomic E-state index is 12.7. The number of halogens is 1. The molecule has 1 aromatic carbocycles. The first-order chi connectivity index (χ1) is 12.4. The van der Waals surface area contributed by atoms with E-state index in [-0.39, 0.29) is 54.0 Å². The van der Waals surface area contributed by atoms with Gasteiger partial charge >= 0.3 is 0 Å². The van der Waals surface area contributed by atoms with Gasteiger partial charge in [0.15, 0.2) is 0 Å². The lowest BCUT2D eigenvalue weighted by Crippen LogP contribution is -2.43. The Labute approximate surface area is 157 Å². The SMILES string of the molecule is C[C@@H](c1ccccc1Cl)N(C)C(=O)CN1C(=O)[C@@H]2[C@H](C1=O)[C@H]1C=C[C@H]2C1. The Kier molecular flexibility index (Phi) is 4.14. The smallest absolute Gasteiger partial charge is 0.242 e. The van der Waals surface area contributed by atoms with E-state index in [1.54, 1.807) is 18.0 Å². The lowest BCUT2D eigenvalue weighted by molar-refractivity contribution is -0.147. The summed E-state index contributed by atoms with van der Waals surface area (Å²) in [5.41, 5.74) is 0.836. The molecule has 6 heteroatoms. The van der Waals surface area contributed by atoms with Gasteiger partial charge in [0.05, 0.1) is 17.9 Å². The molecule has 136 valence electrons. The molecule has 2 bridgehead atoms. The summed E-state index contributed by atoms with van der Waals surface area (Å²) in [6.07, 6.45) is 4.99. The minimum Gasteiger partial charge on any atom is -0.337 e. The summed E-state index contributed by atoms with van der Waals surface area (Å²) >= 11 is 6.22. The van der Waals surface area contributed by atoms with E-state index in [1.807, 2.05) is 37.3 Å². The molecule has 26 heavy (non-hydrogen) atoms. The third-order valence-electron chi connectivity index (χ3n) is 6.18. The highest BCUT2D eigenvalue weighted by Crippen LogP contribution is 2.52. The Bertz CT molecular complexity index is 791. The van der Waals surface area contributed by atoms with Crippen molar-refractivity contribution in [3.05, 3.63) is 47.0 Å². The van der Waals surface area contributed by atoms with Crippen LogP contribution in [0.25, 0.3) is 0 Å². The van der Waals surface area contributed by atoms with Crippen molar-refractivity contribution in [2.24, 2.45) is 23.7 Å². The third kappa shape index (κ3) is 2.49. The van der Waals surface area contributed by atoms with Gasteiger partial charge in [0.1, 0.15) is 6.54 Å². The minimum atomic E-state index is -0.267. The zero-order valence-corrected chi connectivity index (χ0v) is 15.5. The lowest BCUT2D eigenvalue weighted by atomic mass is 9.85. The number of likely N-dealkylation sites (tertiary alicyclic amines) is 1. The molecule has 1 heterocycles. The minimum absolute atomic E-state index is 0.154. The number of hydrogen-bond acceptors (Lipinski definition) is 3. The van der Waals surface area contributed by atoms with E-state index >= 15 is 0 Å². The number of likely N-dealkylation sites (N-methyl/N-ethyl adjacent to an activating group) is 1. The molecule has 4 rings (SSSR count). The number of fused-ring (bicyclic) bond motifs is 5. The number of nitrogens with zero attached hydrogens (tertiary/aromatic N) is 2. The number of benzene rings is 1. The second-order valence-electron chi connectivity index (χ2n) is 7.46. The van der Waals surface area contributed by atoms with E-state index in [9.17, 15) is 14.4 Å². The highest BCUT2D eigenvalue weighted by molar-refractivity contribution is 6.31. The van der Waals surface area contributed by atoms with Gasteiger partial charge < -0.3 is 4.90 Å². The van der Waals surface area contributed by atoms with Crippen molar-refractivity contribution in [1.29, 1.82) is 0 Å². The topological polar surface area (TPSA) is 57.7 Å². The summed E-state index contributed by atoms with van der Waals surface area (Å²) in [6, 6.07) is 7.11. The Morgan fingerprint density at radius 3 is 2.35 bits per heavy atom. The summed E-state index contributed by atoms with van der Waals surface area (Å²) in [5, 5.41) is 0.588. The largest absolute Gasteiger partial charge is 0.337 e. The molecule has 5 atom stereocenters. The molecule has 0 aromatic heterocycles. The van der Waals surface area contributed by atoms with Crippen LogP contribution in [0.4, 0.5) is 0 Å². The highest BCUT2D eigenvalue weighted by Gasteiger charge is 2.59. The third-order valence-corrected chi connectivity index (χ3v) is 6.53. The predicted molar refractivity (Wildman–Crippen MR) is 97.1 cm³/mol. The number of carbonyl (C=O) groups is 3. The average molecular weight is 373 g/mol. The maximum Gasteiger partial charge on any atom is 0.242 e. The van der Waals surface area contributed by atoms with Crippen molar-refractivity contribution in [3.8, 4) is 0 Å². The first-order valence-electron chi connectivity index (χ1n) is 8.93. The summed E-state index contributed by atoms with van der Waals surface area (Å²) in [6.45, 7) is 1.68. The average Bonchev–Trinajstić information content (AvgIpc) is 3.31. The number of allylic oxidation sites excluding steroid dienone is 2. The van der Waals surface area contributed by atoms with Crippen molar-refractivity contribution in [2.45, 2.75) is 19.4 Å². The summed E-state index contributed by atoms with van der Waals surface area (Å²) in [7, 11) is 1.67. The van der Waals surface area contributed by atoms with Gasteiger partial charge in [-0.2, -0.15) is 0 Å². The van der Waals surface area contributed by atoms with Crippen LogP contribution in [-0.2, 0) is 14.4 Å². The van der Waals surface area contributed by atoms with Gasteiger partial charge in [-0.25, -0.2) is 0 Å². The van der Waals surface area contributed by atoms with Crippen LogP contribution in [0, 0.1) is 23.7 Å². The van der Waals surface area contributed by atoms with Crippen LogP contribution in [0.5, 0.6) is 0 Å². The number of carbonyl (C=O) groups excluding carboxylic acids is 3.